The summed E-state index contributed by atoms with van der Waals surface area (Å²) < 4.78 is 5.59. The fourth-order valence-electron chi connectivity index (χ4n) is 3.14. The number of piperidine rings is 1. The van der Waals surface area contributed by atoms with Crippen molar-refractivity contribution in [3.8, 4) is 0 Å². The normalized spacial score (nSPS) is 29.6. The van der Waals surface area contributed by atoms with Gasteiger partial charge in [0, 0.05) is 38.8 Å². The Bertz CT molecular complexity index is 290. The minimum atomic E-state index is 0.0621. The molecule has 0 spiro atoms. The third-order valence-corrected chi connectivity index (χ3v) is 4.33. The van der Waals surface area contributed by atoms with Gasteiger partial charge in [-0.1, -0.05) is 6.92 Å². The lowest BCUT2D eigenvalue weighted by Gasteiger charge is -2.32. The van der Waals surface area contributed by atoms with Crippen LogP contribution in [0.4, 0.5) is 0 Å². The molecule has 2 saturated heterocycles. The number of nitrogens with two attached hydrogens (primary N) is 1. The number of hydrogen-bond donors (Lipinski definition) is 2. The highest BCUT2D eigenvalue weighted by atomic mass is 16.5. The van der Waals surface area contributed by atoms with Crippen LogP contribution >= 0.6 is 0 Å². The number of likely N-dealkylation sites (tertiary alicyclic amines) is 1. The van der Waals surface area contributed by atoms with Gasteiger partial charge in [-0.25, -0.2) is 0 Å². The first-order valence-corrected chi connectivity index (χ1v) is 7.59. The van der Waals surface area contributed by atoms with Crippen LogP contribution in [-0.4, -0.2) is 55.7 Å². The van der Waals surface area contributed by atoms with Crippen molar-refractivity contribution in [3.05, 3.63) is 0 Å². The van der Waals surface area contributed by atoms with E-state index in [2.05, 4.69) is 17.1 Å². The molecule has 19 heavy (non-hydrogen) atoms. The van der Waals surface area contributed by atoms with Gasteiger partial charge in [0.25, 0.3) is 0 Å². The van der Waals surface area contributed by atoms with Gasteiger partial charge in [0.1, 0.15) is 0 Å². The maximum absolute atomic E-state index is 12.3. The average molecular weight is 269 g/mol. The van der Waals surface area contributed by atoms with Gasteiger partial charge in [0.2, 0.25) is 5.91 Å². The Hall–Kier alpha value is -0.650. The lowest BCUT2D eigenvalue weighted by molar-refractivity contribution is -0.127. The van der Waals surface area contributed by atoms with E-state index in [1.807, 2.05) is 0 Å². The predicted octanol–water partition coefficient (Wildman–Crippen LogP) is 0.341. The van der Waals surface area contributed by atoms with Crippen LogP contribution in [0, 0.1) is 5.92 Å². The van der Waals surface area contributed by atoms with Crippen LogP contribution < -0.4 is 11.1 Å². The van der Waals surface area contributed by atoms with Crippen LogP contribution in [0.5, 0.6) is 0 Å². The summed E-state index contributed by atoms with van der Waals surface area (Å²) in [5.74, 6) is 0.258. The minimum Gasteiger partial charge on any atom is -0.377 e. The van der Waals surface area contributed by atoms with E-state index in [9.17, 15) is 4.79 Å². The first-order chi connectivity index (χ1) is 9.24. The number of rotatable bonds is 5. The first-order valence-electron chi connectivity index (χ1n) is 7.59. The van der Waals surface area contributed by atoms with Crippen molar-refractivity contribution in [1.29, 1.82) is 0 Å². The van der Waals surface area contributed by atoms with Crippen molar-refractivity contribution >= 4 is 5.91 Å². The van der Waals surface area contributed by atoms with Gasteiger partial charge in [0.15, 0.2) is 0 Å². The van der Waals surface area contributed by atoms with E-state index < -0.39 is 0 Å². The highest BCUT2D eigenvalue weighted by molar-refractivity contribution is 5.79. The van der Waals surface area contributed by atoms with Crippen molar-refractivity contribution in [2.45, 2.75) is 44.8 Å². The number of carbonyl (C=O) groups excluding carboxylic acids is 1. The van der Waals surface area contributed by atoms with Crippen LogP contribution in [-0.2, 0) is 9.53 Å². The van der Waals surface area contributed by atoms with Gasteiger partial charge in [-0.3, -0.25) is 4.79 Å². The molecule has 2 aliphatic rings. The van der Waals surface area contributed by atoms with E-state index in [0.29, 0.717) is 12.6 Å². The lowest BCUT2D eigenvalue weighted by atomic mass is 9.97. The Labute approximate surface area is 115 Å². The molecule has 0 aromatic heterocycles. The number of nitrogens with one attached hydrogen (secondary N) is 1. The number of amides is 1. The maximum Gasteiger partial charge on any atom is 0.226 e. The molecule has 5 nitrogen and oxygen atoms in total. The summed E-state index contributed by atoms with van der Waals surface area (Å²) >= 11 is 0. The van der Waals surface area contributed by atoms with Gasteiger partial charge in [-0.05, 0) is 25.7 Å². The minimum absolute atomic E-state index is 0.0621. The molecular formula is C14H27N3O2. The fourth-order valence-corrected chi connectivity index (χ4v) is 3.14. The van der Waals surface area contributed by atoms with E-state index >= 15 is 0 Å². The maximum atomic E-state index is 12.3. The Morgan fingerprint density at radius 2 is 2.11 bits per heavy atom. The molecule has 1 amide bonds. The molecule has 5 heteroatoms. The molecule has 0 aromatic rings. The van der Waals surface area contributed by atoms with Crippen LogP contribution in [0.15, 0.2) is 0 Å². The smallest absolute Gasteiger partial charge is 0.226 e. The van der Waals surface area contributed by atoms with Gasteiger partial charge in [-0.2, -0.15) is 0 Å². The summed E-state index contributed by atoms with van der Waals surface area (Å²) in [5, 5.41) is 3.21. The number of nitrogens with zero attached hydrogens (tertiary/aromatic N) is 1. The summed E-state index contributed by atoms with van der Waals surface area (Å²) in [6.45, 7) is 6.58. The van der Waals surface area contributed by atoms with Gasteiger partial charge in [0.05, 0.1) is 12.0 Å². The zero-order valence-electron chi connectivity index (χ0n) is 11.9. The largest absolute Gasteiger partial charge is 0.377 e. The zero-order valence-corrected chi connectivity index (χ0v) is 11.9. The summed E-state index contributed by atoms with van der Waals surface area (Å²) in [7, 11) is 0. The molecule has 2 fully saturated rings. The summed E-state index contributed by atoms with van der Waals surface area (Å²) in [6.07, 6.45) is 3.99. The van der Waals surface area contributed by atoms with Crippen molar-refractivity contribution in [1.82, 2.24) is 10.2 Å². The molecule has 2 heterocycles. The van der Waals surface area contributed by atoms with Gasteiger partial charge < -0.3 is 20.7 Å². The van der Waals surface area contributed by atoms with Crippen molar-refractivity contribution < 1.29 is 9.53 Å². The molecular weight excluding hydrogens is 242 g/mol. The zero-order chi connectivity index (χ0) is 13.7. The number of ether oxygens (including phenoxy) is 1. The Balaban J connectivity index is 1.74. The SMILES string of the molecule is CCC1OCCC1C(=O)NC1CCN(CCN)CC1. The second-order valence-electron chi connectivity index (χ2n) is 5.63. The second-order valence-corrected chi connectivity index (χ2v) is 5.63. The molecule has 3 N–H and O–H groups in total. The van der Waals surface area contributed by atoms with Crippen molar-refractivity contribution in [2.24, 2.45) is 11.7 Å². The van der Waals surface area contributed by atoms with E-state index in [4.69, 9.17) is 10.5 Å². The quantitative estimate of drug-likeness (QED) is 0.755. The summed E-state index contributed by atoms with van der Waals surface area (Å²) in [5.41, 5.74) is 5.56. The molecule has 0 saturated carbocycles. The number of carbonyl (C=O) groups is 1. The van der Waals surface area contributed by atoms with Crippen LogP contribution in [0.3, 0.4) is 0 Å². The van der Waals surface area contributed by atoms with E-state index in [1.54, 1.807) is 0 Å². The highest BCUT2D eigenvalue weighted by Gasteiger charge is 2.34. The average Bonchev–Trinajstić information content (AvgIpc) is 2.90. The van der Waals surface area contributed by atoms with Gasteiger partial charge in [-0.15, -0.1) is 0 Å². The Morgan fingerprint density at radius 1 is 1.37 bits per heavy atom. The molecule has 110 valence electrons. The molecule has 0 aliphatic carbocycles. The molecule has 0 aromatic carbocycles. The lowest BCUT2D eigenvalue weighted by Crippen LogP contribution is -2.48. The topological polar surface area (TPSA) is 67.6 Å². The first kappa shape index (κ1) is 14.8. The van der Waals surface area contributed by atoms with Crippen molar-refractivity contribution in [3.63, 3.8) is 0 Å². The molecule has 2 unspecified atom stereocenters. The van der Waals surface area contributed by atoms with Gasteiger partial charge >= 0.3 is 0 Å². The Kier molecular flexibility index (Phi) is 5.60. The second kappa shape index (κ2) is 7.22. The monoisotopic (exact) mass is 269 g/mol. The highest BCUT2D eigenvalue weighted by Crippen LogP contribution is 2.24. The number of hydrogen-bond acceptors (Lipinski definition) is 4. The third kappa shape index (κ3) is 3.91. The summed E-state index contributed by atoms with van der Waals surface area (Å²) in [6, 6.07) is 0.333. The van der Waals surface area contributed by atoms with Crippen LogP contribution in [0.2, 0.25) is 0 Å². The Morgan fingerprint density at radius 3 is 2.74 bits per heavy atom. The van der Waals surface area contributed by atoms with E-state index in [1.165, 1.54) is 0 Å². The molecule has 2 rings (SSSR count). The van der Waals surface area contributed by atoms with E-state index in [-0.39, 0.29) is 17.9 Å². The molecule has 2 atom stereocenters. The third-order valence-electron chi connectivity index (χ3n) is 4.33. The summed E-state index contributed by atoms with van der Waals surface area (Å²) in [4.78, 5) is 14.6. The fraction of sp³-hybridized carbons (Fsp3) is 0.929. The van der Waals surface area contributed by atoms with Crippen LogP contribution in [0.1, 0.15) is 32.6 Å². The molecule has 0 radical (unpaired) electrons. The van der Waals surface area contributed by atoms with Crippen LogP contribution in [0.25, 0.3) is 0 Å². The molecule has 2 aliphatic heterocycles. The predicted molar refractivity (Wildman–Crippen MR) is 74.8 cm³/mol. The van der Waals surface area contributed by atoms with E-state index in [0.717, 1.165) is 51.9 Å². The molecule has 0 bridgehead atoms. The standard InChI is InChI=1S/C14H27N3O2/c1-2-13-12(5-10-19-13)14(18)16-11-3-7-17(8-4-11)9-6-15/h11-13H,2-10,15H2,1H3,(H,16,18). The van der Waals surface area contributed by atoms with Crippen molar-refractivity contribution in [2.75, 3.05) is 32.8 Å².